The van der Waals surface area contributed by atoms with Gasteiger partial charge in [-0.2, -0.15) is 10.1 Å². The number of hydrogen-bond acceptors (Lipinski definition) is 6. The molecule has 0 spiro atoms. The summed E-state index contributed by atoms with van der Waals surface area (Å²) in [5.74, 6) is 0. The average molecular weight is 412 g/mol. The number of rotatable bonds is 5. The van der Waals surface area contributed by atoms with Crippen molar-refractivity contribution < 1.29 is 4.74 Å². The van der Waals surface area contributed by atoms with Gasteiger partial charge >= 0.3 is 0 Å². The molecule has 0 unspecified atom stereocenters. The summed E-state index contributed by atoms with van der Waals surface area (Å²) in [5, 5.41) is 5.89. The standard InChI is InChI=1S/C23H20N6O2/c1-28(18-7-8-21-16(11-18)12-25-29(21)2)17-5-3-15(4-6-17)14-31-23-26-20-13-24-10-9-19(20)22(30)27-23/h3-13H,14H2,1-2H3,(H,26,27,30). The summed E-state index contributed by atoms with van der Waals surface area (Å²) in [6.45, 7) is 0.292. The summed E-state index contributed by atoms with van der Waals surface area (Å²) in [7, 11) is 3.97. The van der Waals surface area contributed by atoms with E-state index in [4.69, 9.17) is 4.74 Å². The Kier molecular flexibility index (Phi) is 4.59. The first-order valence-electron chi connectivity index (χ1n) is 9.80. The van der Waals surface area contributed by atoms with E-state index in [9.17, 15) is 4.79 Å². The van der Waals surface area contributed by atoms with Gasteiger partial charge in [0.25, 0.3) is 11.6 Å². The molecule has 0 amide bonds. The van der Waals surface area contributed by atoms with Crippen LogP contribution in [0, 0.1) is 0 Å². The van der Waals surface area contributed by atoms with E-state index in [2.05, 4.69) is 43.1 Å². The summed E-state index contributed by atoms with van der Waals surface area (Å²) >= 11 is 0. The van der Waals surface area contributed by atoms with Crippen LogP contribution in [0.5, 0.6) is 6.01 Å². The molecule has 0 bridgehead atoms. The van der Waals surface area contributed by atoms with Crippen LogP contribution in [0.1, 0.15) is 5.56 Å². The first-order valence-corrected chi connectivity index (χ1v) is 9.80. The van der Waals surface area contributed by atoms with Crippen LogP contribution in [-0.2, 0) is 13.7 Å². The molecule has 0 aliphatic rings. The molecule has 5 rings (SSSR count). The third kappa shape index (κ3) is 3.59. The zero-order valence-corrected chi connectivity index (χ0v) is 17.1. The molecule has 8 nitrogen and oxygen atoms in total. The Balaban J connectivity index is 1.31. The largest absolute Gasteiger partial charge is 0.460 e. The number of nitrogens with one attached hydrogen (secondary N) is 1. The summed E-state index contributed by atoms with van der Waals surface area (Å²) in [6, 6.07) is 16.1. The van der Waals surface area contributed by atoms with Crippen LogP contribution in [0.4, 0.5) is 11.4 Å². The highest BCUT2D eigenvalue weighted by atomic mass is 16.5. The van der Waals surface area contributed by atoms with Gasteiger partial charge in [0.05, 0.1) is 28.8 Å². The number of hydrogen-bond donors (Lipinski definition) is 1. The van der Waals surface area contributed by atoms with Gasteiger partial charge in [-0.05, 0) is 42.0 Å². The highest BCUT2D eigenvalue weighted by molar-refractivity contribution is 5.84. The van der Waals surface area contributed by atoms with Crippen LogP contribution in [0.3, 0.4) is 0 Å². The molecule has 3 aromatic heterocycles. The number of H-pyrrole nitrogens is 1. The molecule has 154 valence electrons. The van der Waals surface area contributed by atoms with E-state index < -0.39 is 0 Å². The minimum atomic E-state index is -0.245. The molecule has 0 saturated carbocycles. The van der Waals surface area contributed by atoms with Gasteiger partial charge in [-0.15, -0.1) is 0 Å². The maximum Gasteiger partial charge on any atom is 0.297 e. The molecular formula is C23H20N6O2. The van der Waals surface area contributed by atoms with E-state index >= 15 is 0 Å². The van der Waals surface area contributed by atoms with Gasteiger partial charge in [0.1, 0.15) is 6.61 Å². The van der Waals surface area contributed by atoms with Crippen molar-refractivity contribution in [1.29, 1.82) is 0 Å². The highest BCUT2D eigenvalue weighted by Gasteiger charge is 2.08. The SMILES string of the molecule is CN(c1ccc(COc2nc3cnccc3c(=O)[nH]2)cc1)c1ccc2c(cnn2C)c1. The zero-order chi connectivity index (χ0) is 21.4. The number of benzene rings is 2. The zero-order valence-electron chi connectivity index (χ0n) is 17.1. The Morgan fingerprint density at radius 3 is 2.71 bits per heavy atom. The number of nitrogens with zero attached hydrogens (tertiary/aromatic N) is 5. The van der Waals surface area contributed by atoms with Crippen molar-refractivity contribution in [3.63, 3.8) is 0 Å². The van der Waals surface area contributed by atoms with Crippen LogP contribution < -0.4 is 15.2 Å². The van der Waals surface area contributed by atoms with E-state index in [1.165, 1.54) is 0 Å². The number of aromatic amines is 1. The molecular weight excluding hydrogens is 392 g/mol. The Hall–Kier alpha value is -4.20. The van der Waals surface area contributed by atoms with E-state index in [1.54, 1.807) is 18.5 Å². The molecule has 0 fully saturated rings. The molecule has 5 aromatic rings. The van der Waals surface area contributed by atoms with Gasteiger partial charge in [0, 0.05) is 37.1 Å². The quantitative estimate of drug-likeness (QED) is 0.475. The second kappa shape index (κ2) is 7.56. The predicted octanol–water partition coefficient (Wildman–Crippen LogP) is 3.55. The molecule has 3 heterocycles. The Morgan fingerprint density at radius 1 is 1.06 bits per heavy atom. The molecule has 0 aliphatic carbocycles. The number of aromatic nitrogens is 5. The predicted molar refractivity (Wildman–Crippen MR) is 120 cm³/mol. The van der Waals surface area contributed by atoms with Crippen LogP contribution in [0.25, 0.3) is 21.8 Å². The van der Waals surface area contributed by atoms with Gasteiger partial charge in [-0.1, -0.05) is 12.1 Å². The number of aryl methyl sites for hydroxylation is 1. The molecule has 31 heavy (non-hydrogen) atoms. The maximum absolute atomic E-state index is 12.1. The smallest absolute Gasteiger partial charge is 0.297 e. The first-order chi connectivity index (χ1) is 15.1. The van der Waals surface area contributed by atoms with Gasteiger partial charge in [0.15, 0.2) is 0 Å². The number of pyridine rings is 1. The number of anilines is 2. The minimum Gasteiger partial charge on any atom is -0.460 e. The van der Waals surface area contributed by atoms with E-state index in [0.29, 0.717) is 17.5 Å². The van der Waals surface area contributed by atoms with Crippen LogP contribution in [0.15, 0.2) is 71.9 Å². The fourth-order valence-corrected chi connectivity index (χ4v) is 3.51. The second-order valence-corrected chi connectivity index (χ2v) is 7.29. The van der Waals surface area contributed by atoms with E-state index in [1.807, 2.05) is 49.2 Å². The Bertz CT molecular complexity index is 1440. The summed E-state index contributed by atoms with van der Waals surface area (Å²) in [4.78, 5) is 25.2. The van der Waals surface area contributed by atoms with Crippen LogP contribution >= 0.6 is 0 Å². The normalized spacial score (nSPS) is 11.2. The lowest BCUT2D eigenvalue weighted by atomic mass is 10.1. The maximum atomic E-state index is 12.1. The van der Waals surface area contributed by atoms with Crippen molar-refractivity contribution in [2.45, 2.75) is 6.61 Å². The summed E-state index contributed by atoms with van der Waals surface area (Å²) in [6.07, 6.45) is 4.98. The topological polar surface area (TPSA) is 88.9 Å². The molecule has 0 radical (unpaired) electrons. The lowest BCUT2D eigenvalue weighted by Crippen LogP contribution is -2.11. The number of fused-ring (bicyclic) bond motifs is 2. The average Bonchev–Trinajstić information content (AvgIpc) is 3.18. The van der Waals surface area contributed by atoms with Crippen LogP contribution in [0.2, 0.25) is 0 Å². The van der Waals surface area contributed by atoms with Crippen molar-refractivity contribution >= 4 is 33.2 Å². The fourth-order valence-electron chi connectivity index (χ4n) is 3.51. The lowest BCUT2D eigenvalue weighted by molar-refractivity contribution is 0.281. The lowest BCUT2D eigenvalue weighted by Gasteiger charge is -2.20. The monoisotopic (exact) mass is 412 g/mol. The third-order valence-corrected chi connectivity index (χ3v) is 5.30. The minimum absolute atomic E-state index is 0.177. The van der Waals surface area contributed by atoms with Crippen molar-refractivity contribution in [2.75, 3.05) is 11.9 Å². The van der Waals surface area contributed by atoms with Crippen molar-refractivity contribution in [1.82, 2.24) is 24.7 Å². The van der Waals surface area contributed by atoms with Crippen LogP contribution in [-0.4, -0.2) is 31.8 Å². The van der Waals surface area contributed by atoms with E-state index in [-0.39, 0.29) is 11.6 Å². The van der Waals surface area contributed by atoms with Gasteiger partial charge in [-0.25, -0.2) is 0 Å². The second-order valence-electron chi connectivity index (χ2n) is 7.29. The summed E-state index contributed by atoms with van der Waals surface area (Å²) in [5.41, 5.74) is 4.45. The fraction of sp³-hybridized carbons (Fsp3) is 0.130. The summed E-state index contributed by atoms with van der Waals surface area (Å²) < 4.78 is 7.56. The number of ether oxygens (including phenoxy) is 1. The molecule has 0 atom stereocenters. The Labute approximate surface area is 177 Å². The molecule has 8 heteroatoms. The first kappa shape index (κ1) is 18.8. The molecule has 0 saturated heterocycles. The van der Waals surface area contributed by atoms with Gasteiger partial charge in [0.2, 0.25) is 0 Å². The van der Waals surface area contributed by atoms with Crippen molar-refractivity contribution in [3.8, 4) is 6.01 Å². The van der Waals surface area contributed by atoms with Crippen molar-refractivity contribution in [3.05, 3.63) is 83.0 Å². The van der Waals surface area contributed by atoms with E-state index in [0.717, 1.165) is 27.8 Å². The Morgan fingerprint density at radius 2 is 1.87 bits per heavy atom. The van der Waals surface area contributed by atoms with Gasteiger partial charge in [-0.3, -0.25) is 19.4 Å². The highest BCUT2D eigenvalue weighted by Crippen LogP contribution is 2.27. The molecule has 0 aliphatic heterocycles. The third-order valence-electron chi connectivity index (χ3n) is 5.30. The molecule has 2 aromatic carbocycles. The molecule has 1 N–H and O–H groups in total. The van der Waals surface area contributed by atoms with Crippen molar-refractivity contribution in [2.24, 2.45) is 7.05 Å². The van der Waals surface area contributed by atoms with Gasteiger partial charge < -0.3 is 9.64 Å².